The molecule has 1 aliphatic rings. The Morgan fingerprint density at radius 3 is 3.11 bits per heavy atom. The van der Waals surface area contributed by atoms with Crippen molar-refractivity contribution in [1.29, 1.82) is 0 Å². The summed E-state index contributed by atoms with van der Waals surface area (Å²) < 4.78 is 12.8. The number of ether oxygens (including phenoxy) is 2. The number of aliphatic hydroxyl groups is 1. The zero-order chi connectivity index (χ0) is 13.5. The average molecular weight is 265 g/mol. The molecule has 102 valence electrons. The minimum Gasteiger partial charge on any atom is -0.391 e. The number of fused-ring (bicyclic) bond motifs is 1. The Balaban J connectivity index is 1.96. The third-order valence-electron chi connectivity index (χ3n) is 3.43. The number of aromatic nitrogens is 4. The van der Waals surface area contributed by atoms with Crippen LogP contribution in [0.15, 0.2) is 12.7 Å². The van der Waals surface area contributed by atoms with Crippen LogP contribution < -0.4 is 5.73 Å². The lowest BCUT2D eigenvalue weighted by Gasteiger charge is -2.25. The maximum Gasteiger partial charge on any atom is 0.193 e. The molecule has 0 bridgehead atoms. The summed E-state index contributed by atoms with van der Waals surface area (Å²) in [6.07, 6.45) is 4.02. The van der Waals surface area contributed by atoms with Gasteiger partial charge in [-0.2, -0.15) is 0 Å². The quantitative estimate of drug-likeness (QED) is 0.807. The molecule has 3 rings (SSSR count). The molecule has 1 saturated heterocycles. The van der Waals surface area contributed by atoms with Crippen LogP contribution in [0.25, 0.3) is 11.2 Å². The van der Waals surface area contributed by atoms with Crippen molar-refractivity contribution in [3.63, 3.8) is 0 Å². The van der Waals surface area contributed by atoms with Crippen molar-refractivity contribution in [3.05, 3.63) is 12.7 Å². The molecule has 2 aromatic rings. The van der Waals surface area contributed by atoms with Gasteiger partial charge < -0.3 is 20.3 Å². The van der Waals surface area contributed by atoms with E-state index in [1.807, 2.05) is 0 Å². The molecule has 0 radical (unpaired) electrons. The van der Waals surface area contributed by atoms with E-state index >= 15 is 0 Å². The number of imidazole rings is 1. The summed E-state index contributed by atoms with van der Waals surface area (Å²) in [5.41, 5.74) is 6.90. The third kappa shape index (κ3) is 1.84. The molecule has 1 fully saturated rings. The van der Waals surface area contributed by atoms with Gasteiger partial charge in [0, 0.05) is 13.5 Å². The zero-order valence-electron chi connectivity index (χ0n) is 10.5. The lowest BCUT2D eigenvalue weighted by molar-refractivity contribution is -0.241. The Labute approximate surface area is 109 Å². The number of nitrogens with two attached hydrogens (primary N) is 1. The third-order valence-corrected chi connectivity index (χ3v) is 3.43. The molecule has 1 aliphatic heterocycles. The van der Waals surface area contributed by atoms with Gasteiger partial charge in [0.15, 0.2) is 17.3 Å². The number of nitrogen functional groups attached to an aromatic ring is 1. The number of anilines is 1. The fourth-order valence-electron chi connectivity index (χ4n) is 2.32. The van der Waals surface area contributed by atoms with Gasteiger partial charge in [0.25, 0.3) is 0 Å². The van der Waals surface area contributed by atoms with Crippen molar-refractivity contribution in [2.75, 3.05) is 19.5 Å². The van der Waals surface area contributed by atoms with Crippen molar-refractivity contribution < 1.29 is 14.6 Å². The molecule has 3 N–H and O–H groups in total. The second-order valence-corrected chi connectivity index (χ2v) is 4.47. The Hall–Kier alpha value is -1.77. The second kappa shape index (κ2) is 4.41. The van der Waals surface area contributed by atoms with E-state index in [0.29, 0.717) is 29.8 Å². The van der Waals surface area contributed by atoms with Gasteiger partial charge in [-0.1, -0.05) is 0 Å². The van der Waals surface area contributed by atoms with E-state index in [0.717, 1.165) is 0 Å². The molecule has 0 aliphatic carbocycles. The molecule has 0 aromatic carbocycles. The van der Waals surface area contributed by atoms with Crippen LogP contribution in [0, 0.1) is 0 Å². The summed E-state index contributed by atoms with van der Waals surface area (Å²) >= 11 is 0. The van der Waals surface area contributed by atoms with Gasteiger partial charge >= 0.3 is 0 Å². The monoisotopic (exact) mass is 265 g/mol. The van der Waals surface area contributed by atoms with Crippen molar-refractivity contribution in [2.24, 2.45) is 0 Å². The van der Waals surface area contributed by atoms with Gasteiger partial charge in [-0.3, -0.25) is 4.57 Å². The Morgan fingerprint density at radius 1 is 1.58 bits per heavy atom. The van der Waals surface area contributed by atoms with Crippen LogP contribution >= 0.6 is 0 Å². The minimum absolute atomic E-state index is 0.191. The van der Waals surface area contributed by atoms with E-state index in [1.165, 1.54) is 13.4 Å². The first kappa shape index (κ1) is 12.3. The molecule has 3 heterocycles. The first-order valence-corrected chi connectivity index (χ1v) is 5.96. The van der Waals surface area contributed by atoms with Gasteiger partial charge in [-0.05, 0) is 6.42 Å². The predicted octanol–water partition coefficient (Wildman–Crippen LogP) is 0.0525. The zero-order valence-corrected chi connectivity index (χ0v) is 10.5. The van der Waals surface area contributed by atoms with E-state index in [9.17, 15) is 5.11 Å². The van der Waals surface area contributed by atoms with Crippen LogP contribution in [0.2, 0.25) is 0 Å². The summed E-state index contributed by atoms with van der Waals surface area (Å²) in [6.45, 7) is -0.191. The Kier molecular flexibility index (Phi) is 2.85. The SMILES string of the molecule is CO[C@]1(CO)CC[C@H](n2cnc3c(N)ncnc32)O1. The molecule has 8 heteroatoms. The van der Waals surface area contributed by atoms with Crippen molar-refractivity contribution in [3.8, 4) is 0 Å². The molecule has 0 unspecified atom stereocenters. The topological polar surface area (TPSA) is 108 Å². The Bertz CT molecular complexity index is 595. The summed E-state index contributed by atoms with van der Waals surface area (Å²) in [7, 11) is 1.52. The number of nitrogens with zero attached hydrogens (tertiary/aromatic N) is 4. The number of methoxy groups -OCH3 is 1. The summed E-state index contributed by atoms with van der Waals surface area (Å²) in [5, 5.41) is 9.37. The van der Waals surface area contributed by atoms with Crippen molar-refractivity contribution in [2.45, 2.75) is 24.9 Å². The molecule has 2 atom stereocenters. The van der Waals surface area contributed by atoms with E-state index in [-0.39, 0.29) is 12.8 Å². The highest BCUT2D eigenvalue weighted by Gasteiger charge is 2.41. The van der Waals surface area contributed by atoms with Gasteiger partial charge in [-0.25, -0.2) is 15.0 Å². The van der Waals surface area contributed by atoms with Crippen molar-refractivity contribution in [1.82, 2.24) is 19.5 Å². The highest BCUT2D eigenvalue weighted by Crippen LogP contribution is 2.37. The molecule has 0 saturated carbocycles. The smallest absolute Gasteiger partial charge is 0.193 e. The average Bonchev–Trinajstić information content (AvgIpc) is 3.03. The van der Waals surface area contributed by atoms with Gasteiger partial charge in [-0.15, -0.1) is 0 Å². The van der Waals surface area contributed by atoms with Crippen LogP contribution in [0.4, 0.5) is 5.82 Å². The molecule has 8 nitrogen and oxygen atoms in total. The lowest BCUT2D eigenvalue weighted by atomic mass is 10.2. The molecule has 0 amide bonds. The minimum atomic E-state index is -0.945. The summed E-state index contributed by atoms with van der Waals surface area (Å²) in [5.74, 6) is -0.610. The molecule has 0 spiro atoms. The number of hydrogen-bond acceptors (Lipinski definition) is 7. The first-order chi connectivity index (χ1) is 9.19. The highest BCUT2D eigenvalue weighted by molar-refractivity contribution is 5.81. The van der Waals surface area contributed by atoms with E-state index in [1.54, 1.807) is 10.9 Å². The first-order valence-electron chi connectivity index (χ1n) is 5.96. The van der Waals surface area contributed by atoms with Crippen LogP contribution in [0.5, 0.6) is 0 Å². The fourth-order valence-corrected chi connectivity index (χ4v) is 2.32. The fraction of sp³-hybridized carbons (Fsp3) is 0.545. The molecular formula is C11H15N5O3. The second-order valence-electron chi connectivity index (χ2n) is 4.47. The van der Waals surface area contributed by atoms with Gasteiger partial charge in [0.1, 0.15) is 18.1 Å². The molecule has 2 aromatic heterocycles. The van der Waals surface area contributed by atoms with Crippen LogP contribution in [0.1, 0.15) is 19.1 Å². The predicted molar refractivity (Wildman–Crippen MR) is 65.9 cm³/mol. The normalized spacial score (nSPS) is 27.2. The maximum absolute atomic E-state index is 9.37. The highest BCUT2D eigenvalue weighted by atomic mass is 16.7. The van der Waals surface area contributed by atoms with E-state index in [2.05, 4.69) is 15.0 Å². The van der Waals surface area contributed by atoms with Crippen LogP contribution in [-0.2, 0) is 9.47 Å². The molecular weight excluding hydrogens is 250 g/mol. The van der Waals surface area contributed by atoms with Gasteiger partial charge in [0.05, 0.1) is 12.9 Å². The van der Waals surface area contributed by atoms with E-state index in [4.69, 9.17) is 15.2 Å². The van der Waals surface area contributed by atoms with Crippen molar-refractivity contribution >= 4 is 17.0 Å². The van der Waals surface area contributed by atoms with Crippen LogP contribution in [-0.4, -0.2) is 44.1 Å². The number of hydrogen-bond donors (Lipinski definition) is 2. The maximum atomic E-state index is 9.37. The number of rotatable bonds is 3. The summed E-state index contributed by atoms with van der Waals surface area (Å²) in [4.78, 5) is 12.3. The van der Waals surface area contributed by atoms with Crippen LogP contribution in [0.3, 0.4) is 0 Å². The lowest BCUT2D eigenvalue weighted by Crippen LogP contribution is -2.35. The standard InChI is InChI=1S/C11H15N5O3/c1-18-11(4-17)3-2-7(19-11)16-6-15-8-9(12)13-5-14-10(8)16/h5-7,17H,2-4H2,1H3,(H2,12,13,14)/t7-,11-/m1/s1. The largest absolute Gasteiger partial charge is 0.391 e. The van der Waals surface area contributed by atoms with Gasteiger partial charge in [0.2, 0.25) is 0 Å². The summed E-state index contributed by atoms with van der Waals surface area (Å²) in [6, 6.07) is 0. The number of aliphatic hydroxyl groups excluding tert-OH is 1. The molecule has 19 heavy (non-hydrogen) atoms. The Morgan fingerprint density at radius 2 is 2.42 bits per heavy atom. The van der Waals surface area contributed by atoms with E-state index < -0.39 is 5.79 Å².